The summed E-state index contributed by atoms with van der Waals surface area (Å²) in [6, 6.07) is 8.91. The second-order valence-electron chi connectivity index (χ2n) is 4.16. The number of imide groups is 1. The van der Waals surface area contributed by atoms with Crippen LogP contribution in [0.15, 0.2) is 30.3 Å². The topological polar surface area (TPSA) is 40.4 Å². The van der Waals surface area contributed by atoms with Crippen LogP contribution in [0.5, 0.6) is 0 Å². The molecule has 2 aliphatic rings. The summed E-state index contributed by atoms with van der Waals surface area (Å²) in [5.41, 5.74) is 0.682. The fourth-order valence-electron chi connectivity index (χ4n) is 2.12. The Labute approximate surface area is 93.5 Å². The molecule has 2 aliphatic heterocycles. The molecule has 0 aliphatic carbocycles. The average Bonchev–Trinajstić information content (AvgIpc) is 3.07. The first-order valence-electron chi connectivity index (χ1n) is 5.43. The van der Waals surface area contributed by atoms with Gasteiger partial charge in [-0.05, 0) is 12.1 Å². The third kappa shape index (κ3) is 1.42. The Balaban J connectivity index is 1.90. The molecule has 4 heteroatoms. The second kappa shape index (κ2) is 3.42. The van der Waals surface area contributed by atoms with E-state index in [0.29, 0.717) is 12.1 Å². The molecule has 0 aromatic heterocycles. The van der Waals surface area contributed by atoms with E-state index in [9.17, 15) is 9.59 Å². The summed E-state index contributed by atoms with van der Waals surface area (Å²) in [5, 5.41) is 0. The first-order valence-corrected chi connectivity index (χ1v) is 5.43. The van der Waals surface area contributed by atoms with E-state index in [1.165, 1.54) is 4.90 Å². The number of anilines is 1. The molecule has 1 aromatic rings. The zero-order valence-corrected chi connectivity index (χ0v) is 8.80. The summed E-state index contributed by atoms with van der Waals surface area (Å²) >= 11 is 0. The molecule has 2 saturated heterocycles. The maximum atomic E-state index is 12.1. The minimum atomic E-state index is -0.215. The van der Waals surface area contributed by atoms with E-state index in [0.717, 1.165) is 13.1 Å². The Kier molecular flexibility index (Phi) is 2.04. The summed E-state index contributed by atoms with van der Waals surface area (Å²) in [6.45, 7) is 1.87. The Bertz CT molecular complexity index is 440. The van der Waals surface area contributed by atoms with Gasteiger partial charge in [0.05, 0.1) is 18.2 Å². The number of hydrogen-bond acceptors (Lipinski definition) is 3. The van der Waals surface area contributed by atoms with Crippen LogP contribution in [0.25, 0.3) is 0 Å². The van der Waals surface area contributed by atoms with E-state index in [1.807, 2.05) is 23.1 Å². The molecule has 82 valence electrons. The number of hydrogen-bond donors (Lipinski definition) is 0. The molecule has 0 spiro atoms. The molecular weight excluding hydrogens is 204 g/mol. The average molecular weight is 216 g/mol. The molecule has 2 amide bonds. The van der Waals surface area contributed by atoms with Crippen molar-refractivity contribution in [2.75, 3.05) is 18.0 Å². The van der Waals surface area contributed by atoms with Gasteiger partial charge in [-0.15, -0.1) is 0 Å². The minimum Gasteiger partial charge on any atom is -0.289 e. The van der Waals surface area contributed by atoms with Gasteiger partial charge in [0, 0.05) is 13.1 Å². The quantitative estimate of drug-likeness (QED) is 0.538. The van der Waals surface area contributed by atoms with E-state index < -0.39 is 0 Å². The third-order valence-electron chi connectivity index (χ3n) is 3.06. The van der Waals surface area contributed by atoms with Crippen LogP contribution < -0.4 is 4.90 Å². The highest BCUT2D eigenvalue weighted by Gasteiger charge is 2.45. The van der Waals surface area contributed by atoms with Crippen molar-refractivity contribution in [3.8, 4) is 0 Å². The van der Waals surface area contributed by atoms with Gasteiger partial charge in [0.15, 0.2) is 0 Å². The van der Waals surface area contributed by atoms with E-state index in [2.05, 4.69) is 0 Å². The molecule has 0 bridgehead atoms. The molecule has 1 atom stereocenters. The van der Waals surface area contributed by atoms with Crippen LogP contribution in [0, 0.1) is 0 Å². The first kappa shape index (κ1) is 9.54. The van der Waals surface area contributed by atoms with Crippen molar-refractivity contribution < 1.29 is 9.59 Å². The molecule has 0 radical (unpaired) electrons. The van der Waals surface area contributed by atoms with Gasteiger partial charge in [-0.25, -0.2) is 4.90 Å². The predicted molar refractivity (Wildman–Crippen MR) is 58.9 cm³/mol. The van der Waals surface area contributed by atoms with Crippen LogP contribution in [0.2, 0.25) is 0 Å². The lowest BCUT2D eigenvalue weighted by Gasteiger charge is -2.14. The predicted octanol–water partition coefficient (Wildman–Crippen LogP) is 0.634. The lowest BCUT2D eigenvalue weighted by molar-refractivity contribution is -0.122. The number of para-hydroxylation sites is 1. The van der Waals surface area contributed by atoms with Gasteiger partial charge >= 0.3 is 0 Å². The molecule has 0 saturated carbocycles. The number of carbonyl (C=O) groups excluding carboxylic acids is 2. The van der Waals surface area contributed by atoms with Gasteiger partial charge in [-0.1, -0.05) is 18.2 Å². The standard InChI is InChI=1S/C12H12N2O2/c15-11-8-10(13-6-7-13)12(16)14(11)9-4-2-1-3-5-9/h1-5,10H,6-8H2/t10-/m1/s1. The monoisotopic (exact) mass is 216 g/mol. The number of carbonyl (C=O) groups is 2. The fraction of sp³-hybridized carbons (Fsp3) is 0.333. The normalized spacial score (nSPS) is 25.2. The highest BCUT2D eigenvalue weighted by molar-refractivity contribution is 6.22. The van der Waals surface area contributed by atoms with Crippen LogP contribution in [-0.2, 0) is 9.59 Å². The summed E-state index contributed by atoms with van der Waals surface area (Å²) in [7, 11) is 0. The molecule has 2 fully saturated rings. The SMILES string of the molecule is O=C1C[C@@H](N2CC2)C(=O)N1c1ccccc1. The lowest BCUT2D eigenvalue weighted by Crippen LogP contribution is -2.34. The largest absolute Gasteiger partial charge is 0.289 e. The number of amides is 2. The van der Waals surface area contributed by atoms with Crippen LogP contribution in [-0.4, -0.2) is 35.8 Å². The Morgan fingerprint density at radius 2 is 1.75 bits per heavy atom. The van der Waals surface area contributed by atoms with Crippen molar-refractivity contribution >= 4 is 17.5 Å². The maximum Gasteiger partial charge on any atom is 0.251 e. The maximum absolute atomic E-state index is 12.1. The third-order valence-corrected chi connectivity index (χ3v) is 3.06. The summed E-state index contributed by atoms with van der Waals surface area (Å²) in [6.07, 6.45) is 0.327. The van der Waals surface area contributed by atoms with Crippen molar-refractivity contribution in [3.05, 3.63) is 30.3 Å². The molecular formula is C12H12N2O2. The Morgan fingerprint density at radius 1 is 1.06 bits per heavy atom. The van der Waals surface area contributed by atoms with Crippen LogP contribution in [0.3, 0.4) is 0 Å². The van der Waals surface area contributed by atoms with Crippen LogP contribution in [0.1, 0.15) is 6.42 Å². The second-order valence-corrected chi connectivity index (χ2v) is 4.16. The van der Waals surface area contributed by atoms with Crippen molar-refractivity contribution in [1.29, 1.82) is 0 Å². The Morgan fingerprint density at radius 3 is 2.38 bits per heavy atom. The zero-order valence-electron chi connectivity index (χ0n) is 8.80. The lowest BCUT2D eigenvalue weighted by atomic mass is 10.2. The summed E-state index contributed by atoms with van der Waals surface area (Å²) < 4.78 is 0. The van der Waals surface area contributed by atoms with Gasteiger partial charge in [0.1, 0.15) is 0 Å². The van der Waals surface area contributed by atoms with Crippen molar-refractivity contribution in [1.82, 2.24) is 4.90 Å². The van der Waals surface area contributed by atoms with E-state index in [1.54, 1.807) is 12.1 Å². The molecule has 3 rings (SSSR count). The van der Waals surface area contributed by atoms with Crippen LogP contribution >= 0.6 is 0 Å². The van der Waals surface area contributed by atoms with Crippen molar-refractivity contribution in [2.24, 2.45) is 0 Å². The first-order chi connectivity index (χ1) is 7.77. The van der Waals surface area contributed by atoms with Gasteiger partial charge < -0.3 is 0 Å². The van der Waals surface area contributed by atoms with Gasteiger partial charge in [0.25, 0.3) is 5.91 Å². The molecule has 0 unspecified atom stereocenters. The summed E-state index contributed by atoms with van der Waals surface area (Å²) in [4.78, 5) is 27.2. The molecule has 0 N–H and O–H groups in total. The van der Waals surface area contributed by atoms with Gasteiger partial charge in [-0.3, -0.25) is 14.5 Å². The van der Waals surface area contributed by atoms with E-state index in [4.69, 9.17) is 0 Å². The van der Waals surface area contributed by atoms with Crippen molar-refractivity contribution in [3.63, 3.8) is 0 Å². The minimum absolute atomic E-state index is 0.0753. The van der Waals surface area contributed by atoms with E-state index >= 15 is 0 Å². The van der Waals surface area contributed by atoms with Crippen LogP contribution in [0.4, 0.5) is 5.69 Å². The number of rotatable bonds is 2. The Hall–Kier alpha value is -1.68. The molecule has 4 nitrogen and oxygen atoms in total. The number of nitrogens with zero attached hydrogens (tertiary/aromatic N) is 2. The van der Waals surface area contributed by atoms with Crippen molar-refractivity contribution in [2.45, 2.75) is 12.5 Å². The highest BCUT2D eigenvalue weighted by Crippen LogP contribution is 2.27. The summed E-state index contributed by atoms with van der Waals surface area (Å²) in [5.74, 6) is -0.165. The molecule has 2 heterocycles. The highest BCUT2D eigenvalue weighted by atomic mass is 16.2. The zero-order chi connectivity index (χ0) is 11.1. The molecule has 16 heavy (non-hydrogen) atoms. The van der Waals surface area contributed by atoms with Gasteiger partial charge in [0.2, 0.25) is 5.91 Å². The number of benzene rings is 1. The van der Waals surface area contributed by atoms with E-state index in [-0.39, 0.29) is 17.9 Å². The fourth-order valence-corrected chi connectivity index (χ4v) is 2.12. The smallest absolute Gasteiger partial charge is 0.251 e. The van der Waals surface area contributed by atoms with Gasteiger partial charge in [-0.2, -0.15) is 0 Å². The molecule has 1 aromatic carbocycles.